The highest BCUT2D eigenvalue weighted by atomic mass is 32.2. The Morgan fingerprint density at radius 2 is 2.12 bits per heavy atom. The average molecular weight is 376 g/mol. The topological polar surface area (TPSA) is 96.6 Å². The third kappa shape index (κ3) is 2.71. The Kier molecular flexibility index (Phi) is 4.07. The minimum atomic E-state index is -3.72. The summed E-state index contributed by atoms with van der Waals surface area (Å²) < 4.78 is 32.9. The van der Waals surface area contributed by atoms with Crippen LogP contribution in [0.3, 0.4) is 0 Å². The lowest BCUT2D eigenvalue weighted by Crippen LogP contribution is -2.31. The van der Waals surface area contributed by atoms with Gasteiger partial charge in [0, 0.05) is 32.6 Å². The van der Waals surface area contributed by atoms with E-state index in [1.807, 2.05) is 0 Å². The average Bonchev–Trinajstić information content (AvgIpc) is 3.32. The zero-order valence-electron chi connectivity index (χ0n) is 14.7. The smallest absolute Gasteiger partial charge is 0.243 e. The second-order valence-corrected chi connectivity index (χ2v) is 8.55. The minimum absolute atomic E-state index is 0.0837. The van der Waals surface area contributed by atoms with Gasteiger partial charge in [-0.3, -0.25) is 4.79 Å². The van der Waals surface area contributed by atoms with Crippen LogP contribution in [0.5, 0.6) is 0 Å². The summed E-state index contributed by atoms with van der Waals surface area (Å²) >= 11 is 0. The summed E-state index contributed by atoms with van der Waals surface area (Å²) in [5.74, 6) is 0.730. The molecule has 2 aromatic rings. The van der Waals surface area contributed by atoms with Gasteiger partial charge in [0.15, 0.2) is 5.82 Å². The number of benzene rings is 1. The number of anilines is 1. The summed E-state index contributed by atoms with van der Waals surface area (Å²) in [6.45, 7) is 4.17. The van der Waals surface area contributed by atoms with Crippen LogP contribution >= 0.6 is 0 Å². The fourth-order valence-electron chi connectivity index (χ4n) is 3.72. The van der Waals surface area contributed by atoms with Crippen LogP contribution in [-0.4, -0.2) is 41.9 Å². The van der Waals surface area contributed by atoms with Crippen molar-refractivity contribution in [2.45, 2.75) is 44.0 Å². The molecule has 0 radical (unpaired) electrons. The fraction of sp³-hybridized carbons (Fsp3) is 0.471. The second-order valence-electron chi connectivity index (χ2n) is 6.66. The molecule has 1 aromatic carbocycles. The molecule has 9 heteroatoms. The van der Waals surface area contributed by atoms with Crippen LogP contribution in [0.2, 0.25) is 0 Å². The fourth-order valence-corrected chi connectivity index (χ4v) is 5.39. The first-order valence-electron chi connectivity index (χ1n) is 8.61. The number of aryl methyl sites for hydroxylation is 1. The summed E-state index contributed by atoms with van der Waals surface area (Å²) in [6.07, 6.45) is 2.13. The lowest BCUT2D eigenvalue weighted by molar-refractivity contribution is -0.116. The van der Waals surface area contributed by atoms with Crippen LogP contribution in [0.1, 0.15) is 43.1 Å². The van der Waals surface area contributed by atoms with Crippen molar-refractivity contribution in [2.75, 3.05) is 18.0 Å². The van der Waals surface area contributed by atoms with Gasteiger partial charge in [-0.05, 0) is 37.0 Å². The van der Waals surface area contributed by atoms with E-state index in [2.05, 4.69) is 10.1 Å². The van der Waals surface area contributed by atoms with Gasteiger partial charge in [0.05, 0.1) is 10.9 Å². The Labute approximate surface area is 151 Å². The molecule has 1 aromatic heterocycles. The van der Waals surface area contributed by atoms with E-state index < -0.39 is 16.1 Å². The van der Waals surface area contributed by atoms with Gasteiger partial charge in [0.2, 0.25) is 21.8 Å². The molecular formula is C17H20N4O4S. The SMILES string of the molecule is CC(=O)N1CCc2ccc(S(=O)(=O)N3CCCC3c3noc(C)n3)cc21. The number of aromatic nitrogens is 2. The molecule has 3 heterocycles. The van der Waals surface area contributed by atoms with Crippen molar-refractivity contribution < 1.29 is 17.7 Å². The number of fused-ring (bicyclic) bond motifs is 1. The Hall–Kier alpha value is -2.26. The number of carbonyl (C=O) groups excluding carboxylic acids is 1. The first-order chi connectivity index (χ1) is 12.4. The summed E-state index contributed by atoms with van der Waals surface area (Å²) in [6, 6.07) is 4.61. The quantitative estimate of drug-likeness (QED) is 0.810. The Morgan fingerprint density at radius 1 is 1.31 bits per heavy atom. The first kappa shape index (κ1) is 17.2. The third-order valence-corrected chi connectivity index (χ3v) is 6.89. The van der Waals surface area contributed by atoms with Gasteiger partial charge in [0.25, 0.3) is 0 Å². The third-order valence-electron chi connectivity index (χ3n) is 4.98. The highest BCUT2D eigenvalue weighted by Gasteiger charge is 2.39. The van der Waals surface area contributed by atoms with Crippen LogP contribution in [0, 0.1) is 6.92 Å². The van der Waals surface area contributed by atoms with E-state index in [4.69, 9.17) is 4.52 Å². The van der Waals surface area contributed by atoms with Crippen molar-refractivity contribution in [2.24, 2.45) is 0 Å². The Balaban J connectivity index is 1.71. The summed E-state index contributed by atoms with van der Waals surface area (Å²) in [5.41, 5.74) is 1.68. The largest absolute Gasteiger partial charge is 0.340 e. The van der Waals surface area contributed by atoms with Crippen molar-refractivity contribution in [1.82, 2.24) is 14.4 Å². The Bertz CT molecular complexity index is 969. The van der Waals surface area contributed by atoms with Crippen molar-refractivity contribution in [3.8, 4) is 0 Å². The zero-order chi connectivity index (χ0) is 18.5. The standard InChI is InChI=1S/C17H20N4O4S/c1-11-18-17(19-25-11)15-4-3-8-21(15)26(23,24)14-6-5-13-7-9-20(12(2)22)16(13)10-14/h5-6,10,15H,3-4,7-9H2,1-2H3. The van der Waals surface area contributed by atoms with Crippen LogP contribution in [0.4, 0.5) is 5.69 Å². The second kappa shape index (κ2) is 6.17. The molecule has 0 spiro atoms. The lowest BCUT2D eigenvalue weighted by Gasteiger charge is -2.23. The molecule has 1 amide bonds. The minimum Gasteiger partial charge on any atom is -0.340 e. The van der Waals surface area contributed by atoms with Gasteiger partial charge >= 0.3 is 0 Å². The molecule has 138 valence electrons. The van der Waals surface area contributed by atoms with Gasteiger partial charge in [-0.2, -0.15) is 9.29 Å². The van der Waals surface area contributed by atoms with Gasteiger partial charge in [-0.1, -0.05) is 11.2 Å². The molecule has 1 fully saturated rings. The van der Waals surface area contributed by atoms with E-state index in [9.17, 15) is 13.2 Å². The number of sulfonamides is 1. The summed E-state index contributed by atoms with van der Waals surface area (Å²) in [5, 5.41) is 3.90. The molecule has 0 bridgehead atoms. The summed E-state index contributed by atoms with van der Waals surface area (Å²) in [4.78, 5) is 17.8. The highest BCUT2D eigenvalue weighted by Crippen LogP contribution is 2.37. The number of hydrogen-bond acceptors (Lipinski definition) is 6. The van der Waals surface area contributed by atoms with Gasteiger partial charge < -0.3 is 9.42 Å². The van der Waals surface area contributed by atoms with E-state index in [0.717, 1.165) is 18.4 Å². The van der Waals surface area contributed by atoms with Gasteiger partial charge in [-0.15, -0.1) is 0 Å². The summed E-state index contributed by atoms with van der Waals surface area (Å²) in [7, 11) is -3.72. The maximum atomic E-state index is 13.2. The van der Waals surface area contributed by atoms with Crippen LogP contribution in [-0.2, 0) is 21.2 Å². The van der Waals surface area contributed by atoms with Crippen molar-refractivity contribution in [3.63, 3.8) is 0 Å². The number of rotatable bonds is 3. The molecule has 1 unspecified atom stereocenters. The van der Waals surface area contributed by atoms with E-state index in [1.54, 1.807) is 30.0 Å². The molecule has 26 heavy (non-hydrogen) atoms. The van der Waals surface area contributed by atoms with Crippen molar-refractivity contribution in [3.05, 3.63) is 35.5 Å². The molecular weight excluding hydrogens is 356 g/mol. The molecule has 8 nitrogen and oxygen atoms in total. The van der Waals surface area contributed by atoms with E-state index in [-0.39, 0.29) is 10.8 Å². The lowest BCUT2D eigenvalue weighted by atomic mass is 10.2. The maximum absolute atomic E-state index is 13.2. The number of carbonyl (C=O) groups is 1. The Morgan fingerprint density at radius 3 is 2.81 bits per heavy atom. The predicted molar refractivity (Wildman–Crippen MR) is 93.1 cm³/mol. The van der Waals surface area contributed by atoms with Crippen LogP contribution in [0.25, 0.3) is 0 Å². The van der Waals surface area contributed by atoms with Gasteiger partial charge in [0.1, 0.15) is 0 Å². The molecule has 0 N–H and O–H groups in total. The first-order valence-corrected chi connectivity index (χ1v) is 10.0. The van der Waals surface area contributed by atoms with E-state index >= 15 is 0 Å². The molecule has 0 aliphatic carbocycles. The normalized spacial score (nSPS) is 20.5. The van der Waals surface area contributed by atoms with Crippen LogP contribution in [0.15, 0.2) is 27.6 Å². The zero-order valence-corrected chi connectivity index (χ0v) is 15.5. The predicted octanol–water partition coefficient (Wildman–Crippen LogP) is 1.81. The molecule has 1 atom stereocenters. The van der Waals surface area contributed by atoms with Crippen molar-refractivity contribution in [1.29, 1.82) is 0 Å². The molecule has 2 aliphatic rings. The van der Waals surface area contributed by atoms with Gasteiger partial charge in [-0.25, -0.2) is 8.42 Å². The molecule has 1 saturated heterocycles. The maximum Gasteiger partial charge on any atom is 0.243 e. The van der Waals surface area contributed by atoms with E-state index in [1.165, 1.54) is 11.2 Å². The molecule has 2 aliphatic heterocycles. The molecule has 0 saturated carbocycles. The number of nitrogens with zero attached hydrogens (tertiary/aromatic N) is 4. The highest BCUT2D eigenvalue weighted by molar-refractivity contribution is 7.89. The van der Waals surface area contributed by atoms with E-state index in [0.29, 0.717) is 36.9 Å². The monoisotopic (exact) mass is 376 g/mol. The number of amides is 1. The number of hydrogen-bond donors (Lipinski definition) is 0. The van der Waals surface area contributed by atoms with Crippen molar-refractivity contribution >= 4 is 21.6 Å². The molecule has 4 rings (SSSR count). The van der Waals surface area contributed by atoms with Crippen LogP contribution < -0.4 is 4.90 Å².